The van der Waals surface area contributed by atoms with Crippen LogP contribution in [0.25, 0.3) is 0 Å². The Kier molecular flexibility index (Phi) is 5.77. The van der Waals surface area contributed by atoms with E-state index >= 15 is 0 Å². The summed E-state index contributed by atoms with van der Waals surface area (Å²) in [7, 11) is 0. The smallest absolute Gasteiger partial charge is 0.220 e. The number of carbonyl (C=O) groups is 1. The van der Waals surface area contributed by atoms with Crippen molar-refractivity contribution in [2.45, 2.75) is 45.8 Å². The van der Waals surface area contributed by atoms with Crippen LogP contribution in [0.15, 0.2) is 18.2 Å². The first-order valence-corrected chi connectivity index (χ1v) is 7.94. The van der Waals surface area contributed by atoms with Gasteiger partial charge in [0, 0.05) is 26.1 Å². The number of aliphatic hydroxyl groups is 1. The van der Waals surface area contributed by atoms with E-state index in [4.69, 9.17) is 0 Å². The Hall–Kier alpha value is -1.62. The highest BCUT2D eigenvalue weighted by Crippen LogP contribution is 2.24. The quantitative estimate of drug-likeness (QED) is 0.878. The lowest BCUT2D eigenvalue weighted by Crippen LogP contribution is -2.36. The van der Waals surface area contributed by atoms with E-state index in [2.05, 4.69) is 5.32 Å². The highest BCUT2D eigenvalue weighted by molar-refractivity contribution is 5.76. The molecule has 122 valence electrons. The third-order valence-corrected chi connectivity index (χ3v) is 3.90. The van der Waals surface area contributed by atoms with Gasteiger partial charge in [0.2, 0.25) is 5.91 Å². The van der Waals surface area contributed by atoms with Gasteiger partial charge in [-0.25, -0.2) is 4.39 Å². The first-order chi connectivity index (χ1) is 10.5. The van der Waals surface area contributed by atoms with Crippen molar-refractivity contribution >= 4 is 11.6 Å². The van der Waals surface area contributed by atoms with Crippen molar-refractivity contribution in [3.05, 3.63) is 29.6 Å². The number of hydrogen-bond acceptors (Lipinski definition) is 3. The molecular weight excluding hydrogens is 283 g/mol. The number of carbonyl (C=O) groups excluding carboxylic acids is 1. The van der Waals surface area contributed by atoms with Gasteiger partial charge in [-0.05, 0) is 36.5 Å². The van der Waals surface area contributed by atoms with Gasteiger partial charge in [-0.15, -0.1) is 0 Å². The summed E-state index contributed by atoms with van der Waals surface area (Å²) in [5, 5.41) is 12.3. The summed E-state index contributed by atoms with van der Waals surface area (Å²) in [5.41, 5.74) is 1.33. The highest BCUT2D eigenvalue weighted by Gasteiger charge is 2.19. The third kappa shape index (κ3) is 4.70. The minimum Gasteiger partial charge on any atom is -0.393 e. The Morgan fingerprint density at radius 2 is 2.09 bits per heavy atom. The zero-order valence-electron chi connectivity index (χ0n) is 13.3. The van der Waals surface area contributed by atoms with E-state index in [0.717, 1.165) is 5.56 Å². The molecule has 0 bridgehead atoms. The molecule has 1 amide bonds. The molecular formula is C17H25FN2O2. The number of benzene rings is 1. The number of nitrogens with zero attached hydrogens (tertiary/aromatic N) is 1. The van der Waals surface area contributed by atoms with E-state index in [9.17, 15) is 14.3 Å². The fraction of sp³-hybridized carbons (Fsp3) is 0.588. The molecule has 2 rings (SSSR count). The van der Waals surface area contributed by atoms with Crippen molar-refractivity contribution in [2.75, 3.05) is 18.0 Å². The largest absolute Gasteiger partial charge is 0.393 e. The Bertz CT molecular complexity index is 511. The van der Waals surface area contributed by atoms with Crippen molar-refractivity contribution in [2.24, 2.45) is 5.92 Å². The summed E-state index contributed by atoms with van der Waals surface area (Å²) in [6.07, 6.45) is 1.56. The van der Waals surface area contributed by atoms with Crippen LogP contribution in [0.4, 0.5) is 10.1 Å². The van der Waals surface area contributed by atoms with Crippen LogP contribution >= 0.6 is 0 Å². The van der Waals surface area contributed by atoms with Crippen LogP contribution in [0, 0.1) is 11.7 Å². The lowest BCUT2D eigenvalue weighted by Gasteiger charge is -2.31. The van der Waals surface area contributed by atoms with Gasteiger partial charge in [0.1, 0.15) is 5.82 Å². The predicted molar refractivity (Wildman–Crippen MR) is 85.2 cm³/mol. The van der Waals surface area contributed by atoms with Crippen LogP contribution in [0.1, 0.15) is 38.7 Å². The van der Waals surface area contributed by atoms with Gasteiger partial charge in [0.05, 0.1) is 11.8 Å². The second-order valence-corrected chi connectivity index (χ2v) is 6.38. The molecule has 0 radical (unpaired) electrons. The van der Waals surface area contributed by atoms with Crippen LogP contribution in [0.3, 0.4) is 0 Å². The van der Waals surface area contributed by atoms with Gasteiger partial charge in [-0.1, -0.05) is 19.9 Å². The maximum atomic E-state index is 14.2. The molecule has 0 spiro atoms. The average molecular weight is 308 g/mol. The zero-order valence-corrected chi connectivity index (χ0v) is 13.3. The topological polar surface area (TPSA) is 52.6 Å². The minimum atomic E-state index is -0.271. The number of piperidine rings is 1. The fourth-order valence-electron chi connectivity index (χ4n) is 2.67. The molecule has 1 aliphatic heterocycles. The van der Waals surface area contributed by atoms with E-state index in [1.807, 2.05) is 24.8 Å². The molecule has 0 atom stereocenters. The molecule has 1 aliphatic rings. The summed E-state index contributed by atoms with van der Waals surface area (Å²) in [5.74, 6) is 0.0325. The van der Waals surface area contributed by atoms with Crippen molar-refractivity contribution in [3.63, 3.8) is 0 Å². The van der Waals surface area contributed by atoms with Crippen LogP contribution in [-0.4, -0.2) is 30.2 Å². The second kappa shape index (κ2) is 7.58. The van der Waals surface area contributed by atoms with Crippen molar-refractivity contribution in [1.82, 2.24) is 5.32 Å². The van der Waals surface area contributed by atoms with E-state index in [0.29, 0.717) is 50.5 Å². The monoisotopic (exact) mass is 308 g/mol. The molecule has 0 unspecified atom stereocenters. The van der Waals surface area contributed by atoms with Gasteiger partial charge in [0.15, 0.2) is 0 Å². The number of aliphatic hydroxyl groups excluding tert-OH is 1. The fourth-order valence-corrected chi connectivity index (χ4v) is 2.67. The number of anilines is 1. The summed E-state index contributed by atoms with van der Waals surface area (Å²) < 4.78 is 14.2. The van der Waals surface area contributed by atoms with E-state index in [1.54, 1.807) is 6.07 Å². The van der Waals surface area contributed by atoms with E-state index in [1.165, 1.54) is 6.07 Å². The van der Waals surface area contributed by atoms with E-state index in [-0.39, 0.29) is 17.8 Å². The van der Waals surface area contributed by atoms with Crippen molar-refractivity contribution < 1.29 is 14.3 Å². The highest BCUT2D eigenvalue weighted by atomic mass is 19.1. The molecule has 0 aromatic heterocycles. The average Bonchev–Trinajstić information content (AvgIpc) is 2.46. The second-order valence-electron chi connectivity index (χ2n) is 6.38. The summed E-state index contributed by atoms with van der Waals surface area (Å²) in [4.78, 5) is 13.6. The van der Waals surface area contributed by atoms with Gasteiger partial charge in [0.25, 0.3) is 0 Å². The number of nitrogens with one attached hydrogen (secondary N) is 1. The molecule has 0 aliphatic carbocycles. The van der Waals surface area contributed by atoms with Crippen LogP contribution < -0.4 is 10.2 Å². The summed E-state index contributed by atoms with van der Waals surface area (Å²) >= 11 is 0. The first kappa shape index (κ1) is 16.7. The molecule has 2 N–H and O–H groups in total. The van der Waals surface area contributed by atoms with Gasteiger partial charge < -0.3 is 15.3 Å². The Morgan fingerprint density at radius 1 is 1.41 bits per heavy atom. The normalized spacial score (nSPS) is 16.1. The Balaban J connectivity index is 1.93. The SMILES string of the molecule is CC(C)CC(=O)NCc1ccc(N2CCC(O)CC2)c(F)c1. The maximum absolute atomic E-state index is 14.2. The van der Waals surface area contributed by atoms with Gasteiger partial charge in [-0.3, -0.25) is 4.79 Å². The number of hydrogen-bond donors (Lipinski definition) is 2. The maximum Gasteiger partial charge on any atom is 0.220 e. The lowest BCUT2D eigenvalue weighted by molar-refractivity contribution is -0.121. The Labute approximate surface area is 131 Å². The first-order valence-electron chi connectivity index (χ1n) is 7.94. The van der Waals surface area contributed by atoms with Crippen molar-refractivity contribution in [3.8, 4) is 0 Å². The number of rotatable bonds is 5. The van der Waals surface area contributed by atoms with Crippen LogP contribution in [0.5, 0.6) is 0 Å². The molecule has 1 aromatic carbocycles. The summed E-state index contributed by atoms with van der Waals surface area (Å²) in [6, 6.07) is 5.09. The zero-order chi connectivity index (χ0) is 16.1. The summed E-state index contributed by atoms with van der Waals surface area (Å²) in [6.45, 7) is 5.67. The molecule has 1 fully saturated rings. The Morgan fingerprint density at radius 3 is 2.68 bits per heavy atom. The lowest BCUT2D eigenvalue weighted by atomic mass is 10.1. The third-order valence-electron chi connectivity index (χ3n) is 3.90. The van der Waals surface area contributed by atoms with Crippen LogP contribution in [0.2, 0.25) is 0 Å². The predicted octanol–water partition coefficient (Wildman–Crippen LogP) is 2.45. The minimum absolute atomic E-state index is 0.00972. The molecule has 1 aromatic rings. The molecule has 5 heteroatoms. The van der Waals surface area contributed by atoms with Crippen LogP contribution in [-0.2, 0) is 11.3 Å². The van der Waals surface area contributed by atoms with Crippen molar-refractivity contribution in [1.29, 1.82) is 0 Å². The molecule has 1 heterocycles. The molecule has 22 heavy (non-hydrogen) atoms. The van der Waals surface area contributed by atoms with E-state index < -0.39 is 0 Å². The standard InChI is InChI=1S/C17H25FN2O2/c1-12(2)9-17(22)19-11-13-3-4-16(15(18)10-13)20-7-5-14(21)6-8-20/h3-4,10,12,14,21H,5-9,11H2,1-2H3,(H,19,22). The van der Waals surface area contributed by atoms with Gasteiger partial charge >= 0.3 is 0 Å². The van der Waals surface area contributed by atoms with Gasteiger partial charge in [-0.2, -0.15) is 0 Å². The molecule has 0 saturated carbocycles. The number of halogens is 1. The molecule has 1 saturated heterocycles. The molecule has 4 nitrogen and oxygen atoms in total. The number of amides is 1.